The minimum atomic E-state index is 0.181. The van der Waals surface area contributed by atoms with E-state index in [1.54, 1.807) is 14.2 Å². The molecule has 1 aromatic carbocycles. The van der Waals surface area contributed by atoms with Gasteiger partial charge in [0.1, 0.15) is 0 Å². The summed E-state index contributed by atoms with van der Waals surface area (Å²) in [4.78, 5) is 14.8. The van der Waals surface area contributed by atoms with Crippen molar-refractivity contribution in [1.29, 1.82) is 0 Å². The van der Waals surface area contributed by atoms with Gasteiger partial charge in [0.25, 0.3) is 0 Å². The number of nitrogens with zero attached hydrogens (tertiary/aromatic N) is 1. The van der Waals surface area contributed by atoms with Crippen molar-refractivity contribution in [3.8, 4) is 11.5 Å². The van der Waals surface area contributed by atoms with Crippen LogP contribution in [0.15, 0.2) is 18.2 Å². The van der Waals surface area contributed by atoms with E-state index in [4.69, 9.17) is 9.47 Å². The van der Waals surface area contributed by atoms with Crippen LogP contribution in [0.25, 0.3) is 0 Å². The molecule has 4 heteroatoms. The molecule has 4 nitrogen and oxygen atoms in total. The van der Waals surface area contributed by atoms with Crippen molar-refractivity contribution in [3.05, 3.63) is 23.8 Å². The zero-order valence-electron chi connectivity index (χ0n) is 14.9. The maximum Gasteiger partial charge on any atom is 0.223 e. The molecule has 0 aromatic heterocycles. The van der Waals surface area contributed by atoms with Crippen molar-refractivity contribution in [1.82, 2.24) is 4.90 Å². The van der Waals surface area contributed by atoms with E-state index in [1.807, 2.05) is 12.1 Å². The van der Waals surface area contributed by atoms with Gasteiger partial charge >= 0.3 is 0 Å². The first kappa shape index (κ1) is 17.1. The van der Waals surface area contributed by atoms with Gasteiger partial charge in [-0.15, -0.1) is 0 Å². The number of benzene rings is 1. The molecule has 1 amide bonds. The Hall–Kier alpha value is -1.71. The fourth-order valence-corrected chi connectivity index (χ4v) is 4.24. The number of methoxy groups -OCH3 is 2. The van der Waals surface area contributed by atoms with Crippen molar-refractivity contribution in [2.24, 2.45) is 5.92 Å². The Morgan fingerprint density at radius 1 is 1.08 bits per heavy atom. The molecule has 0 N–H and O–H groups in total. The van der Waals surface area contributed by atoms with Crippen molar-refractivity contribution < 1.29 is 14.3 Å². The standard InChI is InChI=1S/C20H29NO3/c1-23-18-11-10-16(14-19(18)24-2)17-8-5-13-21(17)20(22)12-9-15-6-3-4-7-15/h10-11,14-15,17H,3-9,12-13H2,1-2H3. The molecule has 0 radical (unpaired) electrons. The van der Waals surface area contributed by atoms with Gasteiger partial charge in [-0.25, -0.2) is 0 Å². The minimum absolute atomic E-state index is 0.181. The number of carbonyl (C=O) groups is 1. The highest BCUT2D eigenvalue weighted by atomic mass is 16.5. The SMILES string of the molecule is COc1ccc(C2CCCN2C(=O)CCC2CCCC2)cc1OC. The Morgan fingerprint density at radius 2 is 1.83 bits per heavy atom. The molecule has 0 spiro atoms. The number of hydrogen-bond acceptors (Lipinski definition) is 3. The van der Waals surface area contributed by atoms with Gasteiger partial charge in [0.05, 0.1) is 20.3 Å². The van der Waals surface area contributed by atoms with Crippen molar-refractivity contribution in [3.63, 3.8) is 0 Å². The largest absolute Gasteiger partial charge is 0.493 e. The number of rotatable bonds is 6. The second-order valence-electron chi connectivity index (χ2n) is 7.05. The topological polar surface area (TPSA) is 38.8 Å². The molecular formula is C20H29NO3. The van der Waals surface area contributed by atoms with Gasteiger partial charge in [0.15, 0.2) is 11.5 Å². The van der Waals surface area contributed by atoms with Crippen LogP contribution in [0.1, 0.15) is 63.0 Å². The second kappa shape index (κ2) is 7.91. The lowest BCUT2D eigenvalue weighted by Gasteiger charge is -2.26. The van der Waals surface area contributed by atoms with Crippen molar-refractivity contribution >= 4 is 5.91 Å². The van der Waals surface area contributed by atoms with Gasteiger partial charge in [-0.2, -0.15) is 0 Å². The predicted molar refractivity (Wildman–Crippen MR) is 94.4 cm³/mol. The molecular weight excluding hydrogens is 302 g/mol. The number of amides is 1. The summed E-state index contributed by atoms with van der Waals surface area (Å²) in [7, 11) is 3.30. The number of likely N-dealkylation sites (tertiary alicyclic amines) is 1. The average Bonchev–Trinajstić information content (AvgIpc) is 3.30. The first-order valence-electron chi connectivity index (χ1n) is 9.24. The Bertz CT molecular complexity index is 566. The Balaban J connectivity index is 1.67. The molecule has 132 valence electrons. The monoisotopic (exact) mass is 331 g/mol. The quantitative estimate of drug-likeness (QED) is 0.778. The van der Waals surface area contributed by atoms with Gasteiger partial charge < -0.3 is 14.4 Å². The number of ether oxygens (including phenoxy) is 2. The van der Waals surface area contributed by atoms with Crippen LogP contribution >= 0.6 is 0 Å². The van der Waals surface area contributed by atoms with E-state index in [0.717, 1.165) is 48.8 Å². The summed E-state index contributed by atoms with van der Waals surface area (Å²) in [5.74, 6) is 2.56. The lowest BCUT2D eigenvalue weighted by molar-refractivity contribution is -0.132. The zero-order chi connectivity index (χ0) is 16.9. The summed E-state index contributed by atoms with van der Waals surface area (Å²) in [6, 6.07) is 6.20. The van der Waals surface area contributed by atoms with Crippen LogP contribution in [0.2, 0.25) is 0 Å². The Kier molecular flexibility index (Phi) is 5.64. The van der Waals surface area contributed by atoms with E-state index in [9.17, 15) is 4.79 Å². The average molecular weight is 331 g/mol. The van der Waals surface area contributed by atoms with Crippen molar-refractivity contribution in [2.75, 3.05) is 20.8 Å². The number of carbonyl (C=O) groups excluding carboxylic acids is 1. The molecule has 3 rings (SSSR count). The predicted octanol–water partition coefficient (Wildman–Crippen LogP) is 4.34. The fraction of sp³-hybridized carbons (Fsp3) is 0.650. The molecule has 2 aliphatic rings. The molecule has 1 aliphatic carbocycles. The highest BCUT2D eigenvalue weighted by molar-refractivity contribution is 5.77. The summed E-state index contributed by atoms with van der Waals surface area (Å²) in [5, 5.41) is 0. The smallest absolute Gasteiger partial charge is 0.223 e. The van der Waals surface area contributed by atoms with Crippen LogP contribution < -0.4 is 9.47 Å². The van der Waals surface area contributed by atoms with E-state index in [1.165, 1.54) is 25.7 Å². The third-order valence-electron chi connectivity index (χ3n) is 5.61. The van der Waals surface area contributed by atoms with Crippen molar-refractivity contribution in [2.45, 2.75) is 57.4 Å². The van der Waals surface area contributed by atoms with Gasteiger partial charge in [0, 0.05) is 13.0 Å². The summed E-state index contributed by atoms with van der Waals surface area (Å²) in [5.41, 5.74) is 1.15. The molecule has 1 saturated carbocycles. The Labute approximate surface area is 145 Å². The molecule has 1 atom stereocenters. The first-order chi connectivity index (χ1) is 11.7. The Morgan fingerprint density at radius 3 is 2.54 bits per heavy atom. The third kappa shape index (κ3) is 3.68. The maximum absolute atomic E-state index is 12.7. The maximum atomic E-state index is 12.7. The molecule has 24 heavy (non-hydrogen) atoms. The van der Waals surface area contributed by atoms with Gasteiger partial charge in [-0.3, -0.25) is 4.79 Å². The van der Waals surface area contributed by atoms with Crippen LogP contribution in [0.5, 0.6) is 11.5 Å². The van der Waals surface area contributed by atoms with Crippen LogP contribution in [0.4, 0.5) is 0 Å². The summed E-state index contributed by atoms with van der Waals surface area (Å²) in [6.45, 7) is 0.877. The number of hydrogen-bond donors (Lipinski definition) is 0. The van der Waals surface area contributed by atoms with Gasteiger partial charge in [-0.1, -0.05) is 31.7 Å². The molecule has 1 heterocycles. The fourth-order valence-electron chi connectivity index (χ4n) is 4.24. The molecule has 1 aromatic rings. The minimum Gasteiger partial charge on any atom is -0.493 e. The summed E-state index contributed by atoms with van der Waals surface area (Å²) in [6.07, 6.45) is 9.19. The van der Waals surface area contributed by atoms with Crippen LogP contribution in [0, 0.1) is 5.92 Å². The first-order valence-corrected chi connectivity index (χ1v) is 9.24. The van der Waals surface area contributed by atoms with Crippen LogP contribution in [-0.2, 0) is 4.79 Å². The van der Waals surface area contributed by atoms with E-state index in [-0.39, 0.29) is 6.04 Å². The molecule has 2 fully saturated rings. The highest BCUT2D eigenvalue weighted by Crippen LogP contribution is 2.37. The summed E-state index contributed by atoms with van der Waals surface area (Å²) < 4.78 is 10.7. The normalized spacial score (nSPS) is 21.2. The van der Waals surface area contributed by atoms with Crippen LogP contribution in [-0.4, -0.2) is 31.6 Å². The van der Waals surface area contributed by atoms with E-state index >= 15 is 0 Å². The van der Waals surface area contributed by atoms with E-state index < -0.39 is 0 Å². The third-order valence-corrected chi connectivity index (χ3v) is 5.61. The van der Waals surface area contributed by atoms with E-state index in [0.29, 0.717) is 12.3 Å². The second-order valence-corrected chi connectivity index (χ2v) is 7.05. The van der Waals surface area contributed by atoms with Gasteiger partial charge in [-0.05, 0) is 42.9 Å². The lowest BCUT2D eigenvalue weighted by atomic mass is 10.0. The van der Waals surface area contributed by atoms with Gasteiger partial charge in [0.2, 0.25) is 5.91 Å². The molecule has 0 bridgehead atoms. The van der Waals surface area contributed by atoms with Crippen LogP contribution in [0.3, 0.4) is 0 Å². The highest BCUT2D eigenvalue weighted by Gasteiger charge is 2.30. The molecule has 1 saturated heterocycles. The lowest BCUT2D eigenvalue weighted by Crippen LogP contribution is -2.30. The molecule has 1 unspecified atom stereocenters. The molecule has 1 aliphatic heterocycles. The summed E-state index contributed by atoms with van der Waals surface area (Å²) >= 11 is 0. The zero-order valence-corrected chi connectivity index (χ0v) is 14.9. The van der Waals surface area contributed by atoms with E-state index in [2.05, 4.69) is 11.0 Å².